The predicted molar refractivity (Wildman–Crippen MR) is 126 cm³/mol. The lowest BCUT2D eigenvalue weighted by Crippen LogP contribution is -2.09. The summed E-state index contributed by atoms with van der Waals surface area (Å²) in [4.78, 5) is 2.31. The van der Waals surface area contributed by atoms with Crippen LogP contribution in [0.15, 0.2) is 116 Å². The van der Waals surface area contributed by atoms with E-state index in [1.165, 1.54) is 21.5 Å². The van der Waals surface area contributed by atoms with Crippen LogP contribution in [0.5, 0.6) is 0 Å². The molecule has 0 radical (unpaired) electrons. The zero-order valence-electron chi connectivity index (χ0n) is 16.1. The number of fused-ring (bicyclic) bond motifs is 2. The van der Waals surface area contributed by atoms with Gasteiger partial charge in [0.1, 0.15) is 0 Å². The molecule has 29 heavy (non-hydrogen) atoms. The zero-order valence-corrected chi connectivity index (χ0v) is 16.1. The quantitative estimate of drug-likeness (QED) is 0.308. The second kappa shape index (κ2) is 7.29. The first-order valence-electron chi connectivity index (χ1n) is 9.82. The highest BCUT2D eigenvalue weighted by molar-refractivity contribution is 5.92. The first kappa shape index (κ1) is 17.3. The van der Waals surface area contributed by atoms with Crippen molar-refractivity contribution in [3.05, 3.63) is 121 Å². The summed E-state index contributed by atoms with van der Waals surface area (Å²) in [5.41, 5.74) is 4.53. The first-order chi connectivity index (χ1) is 14.3. The van der Waals surface area contributed by atoms with Gasteiger partial charge < -0.3 is 4.90 Å². The van der Waals surface area contributed by atoms with Gasteiger partial charge in [0.15, 0.2) is 0 Å². The Morgan fingerprint density at radius 3 is 1.41 bits per heavy atom. The molecular weight excluding hydrogens is 350 g/mol. The van der Waals surface area contributed by atoms with Crippen LogP contribution < -0.4 is 4.90 Å². The molecule has 0 unspecified atom stereocenters. The first-order valence-corrected chi connectivity index (χ1v) is 9.82. The monoisotopic (exact) mass is 371 g/mol. The average Bonchev–Trinajstić information content (AvgIpc) is 2.79. The van der Waals surface area contributed by atoms with Crippen LogP contribution >= 0.6 is 0 Å². The van der Waals surface area contributed by atoms with Crippen LogP contribution in [0.4, 0.5) is 17.1 Å². The molecule has 0 spiro atoms. The van der Waals surface area contributed by atoms with Gasteiger partial charge in [-0.3, -0.25) is 0 Å². The minimum absolute atomic E-state index is 1.12. The molecular formula is C28H21N. The van der Waals surface area contributed by atoms with Crippen molar-refractivity contribution >= 4 is 44.7 Å². The molecule has 5 aromatic carbocycles. The minimum Gasteiger partial charge on any atom is -0.310 e. The summed E-state index contributed by atoms with van der Waals surface area (Å²) in [5.74, 6) is 0. The Balaban J connectivity index is 1.71. The van der Waals surface area contributed by atoms with Crippen LogP contribution in [-0.2, 0) is 0 Å². The van der Waals surface area contributed by atoms with E-state index in [0.717, 1.165) is 22.6 Å². The molecule has 5 rings (SSSR count). The van der Waals surface area contributed by atoms with Gasteiger partial charge in [-0.05, 0) is 63.5 Å². The molecule has 0 amide bonds. The number of anilines is 3. The fourth-order valence-electron chi connectivity index (χ4n) is 3.84. The molecule has 0 bridgehead atoms. The Morgan fingerprint density at radius 1 is 0.483 bits per heavy atom. The lowest BCUT2D eigenvalue weighted by molar-refractivity contribution is 1.29. The summed E-state index contributed by atoms with van der Waals surface area (Å²) >= 11 is 0. The van der Waals surface area contributed by atoms with Gasteiger partial charge in [-0.2, -0.15) is 0 Å². The van der Waals surface area contributed by atoms with Crippen molar-refractivity contribution in [2.45, 2.75) is 0 Å². The van der Waals surface area contributed by atoms with E-state index >= 15 is 0 Å². The van der Waals surface area contributed by atoms with E-state index in [9.17, 15) is 0 Å². The Kier molecular flexibility index (Phi) is 4.34. The van der Waals surface area contributed by atoms with E-state index in [1.807, 2.05) is 6.08 Å². The van der Waals surface area contributed by atoms with Gasteiger partial charge in [-0.15, -0.1) is 0 Å². The van der Waals surface area contributed by atoms with Crippen molar-refractivity contribution in [1.82, 2.24) is 0 Å². The van der Waals surface area contributed by atoms with E-state index in [1.54, 1.807) is 0 Å². The molecule has 0 saturated carbocycles. The Morgan fingerprint density at radius 2 is 0.931 bits per heavy atom. The van der Waals surface area contributed by atoms with E-state index in [2.05, 4.69) is 121 Å². The highest BCUT2D eigenvalue weighted by atomic mass is 15.1. The summed E-state index contributed by atoms with van der Waals surface area (Å²) in [6.07, 6.45) is 1.88. The van der Waals surface area contributed by atoms with Crippen LogP contribution in [0, 0.1) is 0 Å². The Labute approximate surface area is 171 Å². The molecule has 0 atom stereocenters. The summed E-state index contributed by atoms with van der Waals surface area (Å²) in [6, 6.07) is 38.8. The van der Waals surface area contributed by atoms with Crippen molar-refractivity contribution in [3.8, 4) is 0 Å². The number of hydrogen-bond acceptors (Lipinski definition) is 1. The zero-order chi connectivity index (χ0) is 19.6. The second-order valence-electron chi connectivity index (χ2n) is 7.19. The fourth-order valence-corrected chi connectivity index (χ4v) is 3.84. The predicted octanol–water partition coefficient (Wildman–Crippen LogP) is 8.11. The van der Waals surface area contributed by atoms with Gasteiger partial charge in [0.2, 0.25) is 0 Å². The third-order valence-corrected chi connectivity index (χ3v) is 5.37. The van der Waals surface area contributed by atoms with Crippen molar-refractivity contribution in [2.75, 3.05) is 4.90 Å². The molecule has 1 heteroatoms. The van der Waals surface area contributed by atoms with Crippen LogP contribution in [0.3, 0.4) is 0 Å². The Hall–Kier alpha value is -3.84. The SMILES string of the molecule is C=Cc1ccc(N(c2ccc3ccccc3c2)c2ccc3ccccc3c2)cc1. The van der Waals surface area contributed by atoms with Gasteiger partial charge >= 0.3 is 0 Å². The summed E-state index contributed by atoms with van der Waals surface area (Å²) in [7, 11) is 0. The summed E-state index contributed by atoms with van der Waals surface area (Å²) in [5, 5.41) is 4.96. The average molecular weight is 371 g/mol. The van der Waals surface area contributed by atoms with Gasteiger partial charge in [-0.25, -0.2) is 0 Å². The highest BCUT2D eigenvalue weighted by Gasteiger charge is 2.13. The summed E-state index contributed by atoms with van der Waals surface area (Å²) in [6.45, 7) is 3.88. The standard InChI is InChI=1S/C28H21N/c1-2-21-11-15-26(16-12-21)29(27-17-13-22-7-3-5-9-24(22)19-27)28-18-14-23-8-4-6-10-25(23)20-28/h2-20H,1H2. The lowest BCUT2D eigenvalue weighted by atomic mass is 10.1. The third kappa shape index (κ3) is 3.28. The van der Waals surface area contributed by atoms with Crippen LogP contribution in [0.2, 0.25) is 0 Å². The topological polar surface area (TPSA) is 3.24 Å². The van der Waals surface area contributed by atoms with Crippen molar-refractivity contribution in [3.63, 3.8) is 0 Å². The molecule has 0 aliphatic carbocycles. The molecule has 0 aliphatic heterocycles. The molecule has 0 heterocycles. The maximum absolute atomic E-state index is 3.88. The number of hydrogen-bond donors (Lipinski definition) is 0. The number of rotatable bonds is 4. The molecule has 5 aromatic rings. The number of benzene rings is 5. The highest BCUT2D eigenvalue weighted by Crippen LogP contribution is 2.37. The summed E-state index contributed by atoms with van der Waals surface area (Å²) < 4.78 is 0. The van der Waals surface area contributed by atoms with Crippen molar-refractivity contribution in [2.24, 2.45) is 0 Å². The fraction of sp³-hybridized carbons (Fsp3) is 0. The van der Waals surface area contributed by atoms with Crippen LogP contribution in [-0.4, -0.2) is 0 Å². The van der Waals surface area contributed by atoms with Gasteiger partial charge in [-0.1, -0.05) is 85.5 Å². The molecule has 0 aliphatic rings. The second-order valence-corrected chi connectivity index (χ2v) is 7.19. The Bertz CT molecular complexity index is 1240. The molecule has 0 fully saturated rings. The normalized spacial score (nSPS) is 10.9. The van der Waals surface area contributed by atoms with E-state index in [0.29, 0.717) is 0 Å². The van der Waals surface area contributed by atoms with E-state index < -0.39 is 0 Å². The third-order valence-electron chi connectivity index (χ3n) is 5.37. The van der Waals surface area contributed by atoms with E-state index in [4.69, 9.17) is 0 Å². The maximum atomic E-state index is 3.88. The van der Waals surface area contributed by atoms with Crippen molar-refractivity contribution < 1.29 is 0 Å². The maximum Gasteiger partial charge on any atom is 0.0468 e. The molecule has 0 saturated heterocycles. The van der Waals surface area contributed by atoms with E-state index in [-0.39, 0.29) is 0 Å². The molecule has 0 N–H and O–H groups in total. The van der Waals surface area contributed by atoms with Gasteiger partial charge in [0.05, 0.1) is 0 Å². The van der Waals surface area contributed by atoms with Crippen molar-refractivity contribution in [1.29, 1.82) is 0 Å². The van der Waals surface area contributed by atoms with Crippen LogP contribution in [0.25, 0.3) is 27.6 Å². The van der Waals surface area contributed by atoms with Gasteiger partial charge in [0, 0.05) is 17.1 Å². The largest absolute Gasteiger partial charge is 0.310 e. The minimum atomic E-state index is 1.12. The van der Waals surface area contributed by atoms with Crippen LogP contribution in [0.1, 0.15) is 5.56 Å². The molecule has 1 nitrogen and oxygen atoms in total. The number of nitrogens with zero attached hydrogens (tertiary/aromatic N) is 1. The smallest absolute Gasteiger partial charge is 0.0468 e. The molecule has 0 aromatic heterocycles. The molecule has 138 valence electrons. The van der Waals surface area contributed by atoms with Gasteiger partial charge in [0.25, 0.3) is 0 Å². The lowest BCUT2D eigenvalue weighted by Gasteiger charge is -2.26.